The number of carbonyl (C=O) groups is 1. The molecule has 6 N–H and O–H groups in total. The van der Waals surface area contributed by atoms with Gasteiger partial charge in [-0.05, 0) is 35.4 Å². The first kappa shape index (κ1) is 22.9. The minimum absolute atomic E-state index is 0.0202. The number of nitrogens with two attached hydrogens (primary N) is 2. The van der Waals surface area contributed by atoms with E-state index in [4.69, 9.17) is 26.2 Å². The number of aliphatic imine (C=N–C) groups is 1. The monoisotopic (exact) mass is 468 g/mol. The molecule has 0 fully saturated rings. The number of hydrogen-bond donors (Lipinski definition) is 4. The van der Waals surface area contributed by atoms with Gasteiger partial charge in [0.25, 0.3) is 0 Å². The maximum atomic E-state index is 11.7. The Morgan fingerprint density at radius 1 is 1.20 bits per heavy atom. The van der Waals surface area contributed by atoms with Crippen LogP contribution in [0, 0.1) is 22.8 Å². The number of nitriles is 2. The smallest absolute Gasteiger partial charge is 0.337 e. The SMILES string of the molecule is COC(=O)c1cccc(COc2ccc(C3N=C(NC#N)Nc4nc(N)c(C#N)c(N)c43)cc2)c1. The minimum Gasteiger partial charge on any atom is -0.489 e. The molecule has 1 aliphatic heterocycles. The van der Waals surface area contributed by atoms with Gasteiger partial charge in [0.2, 0.25) is 5.96 Å². The lowest BCUT2D eigenvalue weighted by atomic mass is 9.95. The highest BCUT2D eigenvalue weighted by atomic mass is 16.5. The summed E-state index contributed by atoms with van der Waals surface area (Å²) in [7, 11) is 1.33. The zero-order valence-electron chi connectivity index (χ0n) is 18.6. The summed E-state index contributed by atoms with van der Waals surface area (Å²) < 4.78 is 10.6. The van der Waals surface area contributed by atoms with E-state index in [0.29, 0.717) is 22.7 Å². The van der Waals surface area contributed by atoms with Crippen LogP contribution in [0.25, 0.3) is 0 Å². The van der Waals surface area contributed by atoms with Crippen LogP contribution in [-0.2, 0) is 11.3 Å². The average molecular weight is 468 g/mol. The number of nitrogens with one attached hydrogen (secondary N) is 2. The van der Waals surface area contributed by atoms with Crippen molar-refractivity contribution < 1.29 is 14.3 Å². The molecule has 35 heavy (non-hydrogen) atoms. The van der Waals surface area contributed by atoms with Crippen LogP contribution in [0.5, 0.6) is 5.75 Å². The molecule has 3 aromatic rings. The van der Waals surface area contributed by atoms with E-state index in [0.717, 1.165) is 11.1 Å². The summed E-state index contributed by atoms with van der Waals surface area (Å²) >= 11 is 0. The largest absolute Gasteiger partial charge is 0.489 e. The minimum atomic E-state index is -0.645. The van der Waals surface area contributed by atoms with Gasteiger partial charge in [-0.1, -0.05) is 24.3 Å². The second kappa shape index (κ2) is 9.68. The van der Waals surface area contributed by atoms with E-state index in [1.807, 2.05) is 18.3 Å². The fourth-order valence-electron chi connectivity index (χ4n) is 3.64. The first-order valence-corrected chi connectivity index (χ1v) is 10.3. The fourth-order valence-corrected chi connectivity index (χ4v) is 3.64. The number of guanidine groups is 1. The number of pyridine rings is 1. The van der Waals surface area contributed by atoms with Gasteiger partial charge in [0, 0.05) is 5.56 Å². The highest BCUT2D eigenvalue weighted by Crippen LogP contribution is 2.40. The van der Waals surface area contributed by atoms with Gasteiger partial charge in [-0.25, -0.2) is 14.8 Å². The van der Waals surface area contributed by atoms with Gasteiger partial charge in [0.15, 0.2) is 6.19 Å². The van der Waals surface area contributed by atoms with E-state index in [2.05, 4.69) is 20.6 Å². The van der Waals surface area contributed by atoms with Crippen LogP contribution in [0.1, 0.15) is 38.7 Å². The maximum Gasteiger partial charge on any atom is 0.337 e. The quantitative estimate of drug-likeness (QED) is 0.246. The van der Waals surface area contributed by atoms with Gasteiger partial charge in [-0.3, -0.25) is 5.32 Å². The van der Waals surface area contributed by atoms with Crippen molar-refractivity contribution in [3.8, 4) is 18.0 Å². The van der Waals surface area contributed by atoms with Crippen LogP contribution in [0.15, 0.2) is 53.5 Å². The highest BCUT2D eigenvalue weighted by molar-refractivity contribution is 5.98. The predicted molar refractivity (Wildman–Crippen MR) is 128 cm³/mol. The lowest BCUT2D eigenvalue weighted by Crippen LogP contribution is -2.32. The molecule has 1 unspecified atom stereocenters. The predicted octanol–water partition coefficient (Wildman–Crippen LogP) is 2.42. The Morgan fingerprint density at radius 3 is 2.66 bits per heavy atom. The van der Waals surface area contributed by atoms with Crippen LogP contribution >= 0.6 is 0 Å². The van der Waals surface area contributed by atoms with E-state index in [1.165, 1.54) is 7.11 Å². The zero-order valence-corrected chi connectivity index (χ0v) is 18.6. The Labute approximate surface area is 200 Å². The molecule has 11 nitrogen and oxygen atoms in total. The normalized spacial score (nSPS) is 13.8. The van der Waals surface area contributed by atoms with Gasteiger partial charge >= 0.3 is 5.97 Å². The number of esters is 1. The first-order chi connectivity index (χ1) is 16.9. The summed E-state index contributed by atoms with van der Waals surface area (Å²) in [6, 6.07) is 15.4. The zero-order chi connectivity index (χ0) is 24.9. The maximum absolute atomic E-state index is 11.7. The average Bonchev–Trinajstić information content (AvgIpc) is 2.87. The van der Waals surface area contributed by atoms with Crippen LogP contribution in [0.3, 0.4) is 0 Å². The van der Waals surface area contributed by atoms with E-state index < -0.39 is 12.0 Å². The number of hydrogen-bond acceptors (Lipinski definition) is 11. The Bertz CT molecular complexity index is 1400. The molecule has 0 bridgehead atoms. The molecule has 0 amide bonds. The van der Waals surface area contributed by atoms with Crippen molar-refractivity contribution in [3.05, 3.63) is 76.3 Å². The van der Waals surface area contributed by atoms with Gasteiger partial charge < -0.3 is 26.3 Å². The molecule has 0 aliphatic carbocycles. The van der Waals surface area contributed by atoms with Crippen molar-refractivity contribution in [2.75, 3.05) is 23.9 Å². The molecule has 0 saturated heterocycles. The molecular formula is C24H20N8O3. The molecule has 11 heteroatoms. The highest BCUT2D eigenvalue weighted by Gasteiger charge is 2.29. The molecule has 1 aromatic heterocycles. The number of carbonyl (C=O) groups excluding carboxylic acids is 1. The van der Waals surface area contributed by atoms with Crippen LogP contribution in [-0.4, -0.2) is 24.0 Å². The number of methoxy groups -OCH3 is 1. The van der Waals surface area contributed by atoms with Gasteiger partial charge in [0.1, 0.15) is 41.7 Å². The molecule has 0 radical (unpaired) electrons. The lowest BCUT2D eigenvalue weighted by Gasteiger charge is -2.26. The van der Waals surface area contributed by atoms with Crippen molar-refractivity contribution in [1.82, 2.24) is 10.3 Å². The molecule has 174 valence electrons. The lowest BCUT2D eigenvalue weighted by molar-refractivity contribution is 0.0600. The Balaban J connectivity index is 1.60. The number of benzene rings is 2. The Hall–Kier alpha value is -5.29. The Morgan fingerprint density at radius 2 is 1.97 bits per heavy atom. The van der Waals surface area contributed by atoms with Crippen molar-refractivity contribution in [2.24, 2.45) is 4.99 Å². The van der Waals surface area contributed by atoms with Crippen molar-refractivity contribution in [2.45, 2.75) is 12.6 Å². The molecule has 0 saturated carbocycles. The van der Waals surface area contributed by atoms with Crippen LogP contribution in [0.2, 0.25) is 0 Å². The third-order valence-corrected chi connectivity index (χ3v) is 5.31. The standard InChI is InChI=1S/C24H20N8O3/c1-34-23(33)15-4-2-3-13(9-15)11-35-16-7-5-14(6-8-16)20-18-19(27)17(10-25)21(28)31-22(18)32-24(30-20)29-12-26/h2-9,20H,11H2,1H3,(H6,27,28,29,30,31,32). The molecule has 1 aliphatic rings. The molecule has 1 atom stereocenters. The molecule has 0 spiro atoms. The molecule has 2 heterocycles. The van der Waals surface area contributed by atoms with E-state index in [9.17, 15) is 10.1 Å². The number of aromatic nitrogens is 1. The van der Waals surface area contributed by atoms with Gasteiger partial charge in [-0.15, -0.1) is 0 Å². The summed E-state index contributed by atoms with van der Waals surface area (Å²) in [5.74, 6) is 0.633. The number of ether oxygens (including phenoxy) is 2. The van der Waals surface area contributed by atoms with Crippen LogP contribution in [0.4, 0.5) is 17.3 Å². The third kappa shape index (κ3) is 4.60. The van der Waals surface area contributed by atoms with Gasteiger partial charge in [-0.2, -0.15) is 10.5 Å². The fraction of sp³-hybridized carbons (Fsp3) is 0.125. The number of rotatable bonds is 5. The number of fused-ring (bicyclic) bond motifs is 1. The topological polar surface area (TPSA) is 184 Å². The number of anilines is 3. The molecule has 2 aromatic carbocycles. The number of nitrogens with zero attached hydrogens (tertiary/aromatic N) is 4. The Kier molecular flexibility index (Phi) is 6.33. The summed E-state index contributed by atoms with van der Waals surface area (Å²) in [5.41, 5.74) is 14.8. The van der Waals surface area contributed by atoms with Crippen molar-refractivity contribution in [3.63, 3.8) is 0 Å². The van der Waals surface area contributed by atoms with Crippen LogP contribution < -0.4 is 26.8 Å². The summed E-state index contributed by atoms with van der Waals surface area (Å²) in [6.07, 6.45) is 1.81. The second-order valence-corrected chi connectivity index (χ2v) is 7.45. The van der Waals surface area contributed by atoms with E-state index in [-0.39, 0.29) is 29.6 Å². The first-order valence-electron chi connectivity index (χ1n) is 10.3. The van der Waals surface area contributed by atoms with E-state index in [1.54, 1.807) is 42.5 Å². The molecule has 4 rings (SSSR count). The second-order valence-electron chi connectivity index (χ2n) is 7.45. The number of nitrogen functional groups attached to an aromatic ring is 2. The van der Waals surface area contributed by atoms with E-state index >= 15 is 0 Å². The summed E-state index contributed by atoms with van der Waals surface area (Å²) in [6.45, 7) is 0.246. The summed E-state index contributed by atoms with van der Waals surface area (Å²) in [4.78, 5) is 20.5. The van der Waals surface area contributed by atoms with Crippen molar-refractivity contribution >= 4 is 29.3 Å². The van der Waals surface area contributed by atoms with Gasteiger partial charge in [0.05, 0.1) is 18.4 Å². The third-order valence-electron chi connectivity index (χ3n) is 5.31. The molecular weight excluding hydrogens is 448 g/mol. The van der Waals surface area contributed by atoms with Crippen molar-refractivity contribution in [1.29, 1.82) is 10.5 Å². The summed E-state index contributed by atoms with van der Waals surface area (Å²) in [5, 5.41) is 23.8.